The second-order valence-electron chi connectivity index (χ2n) is 4.96. The minimum atomic E-state index is -0.538. The molecular weight excluding hydrogens is 348 g/mol. The first-order valence-corrected chi connectivity index (χ1v) is 8.16. The Morgan fingerprint density at radius 2 is 2.00 bits per heavy atom. The van der Waals surface area contributed by atoms with E-state index in [9.17, 15) is 14.4 Å². The number of aliphatic hydroxyl groups excluding tert-OH is 1. The first-order chi connectivity index (χ1) is 12.0. The van der Waals surface area contributed by atoms with Crippen molar-refractivity contribution in [3.05, 3.63) is 28.7 Å². The van der Waals surface area contributed by atoms with Gasteiger partial charge in [-0.1, -0.05) is 6.07 Å². The van der Waals surface area contributed by atoms with Crippen LogP contribution in [0, 0.1) is 0 Å². The molecule has 0 saturated carbocycles. The lowest BCUT2D eigenvalue weighted by Gasteiger charge is -2.11. The summed E-state index contributed by atoms with van der Waals surface area (Å²) < 4.78 is 10.4. The number of aliphatic hydroxyl groups is 1. The van der Waals surface area contributed by atoms with Crippen LogP contribution in [0.5, 0.6) is 11.5 Å². The van der Waals surface area contributed by atoms with Gasteiger partial charge in [-0.25, -0.2) is 0 Å². The van der Waals surface area contributed by atoms with Crippen LogP contribution in [-0.4, -0.2) is 61.0 Å². The molecule has 0 aromatic heterocycles. The van der Waals surface area contributed by atoms with Gasteiger partial charge in [0.25, 0.3) is 11.1 Å². The van der Waals surface area contributed by atoms with Crippen molar-refractivity contribution >= 4 is 34.9 Å². The van der Waals surface area contributed by atoms with Crippen LogP contribution in [0.1, 0.15) is 5.56 Å². The van der Waals surface area contributed by atoms with Gasteiger partial charge in [0.15, 0.2) is 11.5 Å². The van der Waals surface area contributed by atoms with Crippen LogP contribution in [0.2, 0.25) is 0 Å². The summed E-state index contributed by atoms with van der Waals surface area (Å²) in [4.78, 5) is 37.0. The van der Waals surface area contributed by atoms with Crippen molar-refractivity contribution in [2.75, 3.05) is 33.9 Å². The van der Waals surface area contributed by atoms with E-state index in [-0.39, 0.29) is 24.6 Å². The second-order valence-corrected chi connectivity index (χ2v) is 5.95. The molecule has 1 fully saturated rings. The molecule has 0 bridgehead atoms. The number of imide groups is 1. The van der Waals surface area contributed by atoms with Crippen molar-refractivity contribution in [1.29, 1.82) is 0 Å². The SMILES string of the molecule is COc1ccc(/C=C2/SC(=O)N(CC(=O)NCCO)C2=O)cc1OC. The summed E-state index contributed by atoms with van der Waals surface area (Å²) in [6.45, 7) is -0.530. The highest BCUT2D eigenvalue weighted by Gasteiger charge is 2.36. The van der Waals surface area contributed by atoms with Crippen LogP contribution in [-0.2, 0) is 9.59 Å². The molecule has 0 spiro atoms. The first-order valence-electron chi connectivity index (χ1n) is 7.35. The van der Waals surface area contributed by atoms with Crippen LogP contribution in [0.15, 0.2) is 23.1 Å². The Morgan fingerprint density at radius 1 is 1.28 bits per heavy atom. The van der Waals surface area contributed by atoms with E-state index < -0.39 is 17.1 Å². The monoisotopic (exact) mass is 366 g/mol. The van der Waals surface area contributed by atoms with Crippen molar-refractivity contribution in [3.8, 4) is 11.5 Å². The molecule has 0 unspecified atom stereocenters. The Bertz CT molecular complexity index is 719. The maximum absolute atomic E-state index is 12.3. The Kier molecular flexibility index (Phi) is 6.43. The van der Waals surface area contributed by atoms with E-state index in [1.165, 1.54) is 14.2 Å². The van der Waals surface area contributed by atoms with Crippen molar-refractivity contribution < 1.29 is 29.0 Å². The van der Waals surface area contributed by atoms with E-state index in [0.29, 0.717) is 17.1 Å². The van der Waals surface area contributed by atoms with Gasteiger partial charge in [-0.2, -0.15) is 0 Å². The zero-order valence-corrected chi connectivity index (χ0v) is 14.6. The Morgan fingerprint density at radius 3 is 2.64 bits per heavy atom. The molecule has 2 rings (SSSR count). The Balaban J connectivity index is 2.15. The lowest BCUT2D eigenvalue weighted by atomic mass is 10.2. The van der Waals surface area contributed by atoms with Gasteiger partial charge in [0.2, 0.25) is 5.91 Å². The molecular formula is C16H18N2O6S. The summed E-state index contributed by atoms with van der Waals surface area (Å²) >= 11 is 0.763. The minimum absolute atomic E-state index is 0.0660. The number of ether oxygens (including phenoxy) is 2. The third-order valence-corrected chi connectivity index (χ3v) is 4.22. The molecule has 1 saturated heterocycles. The van der Waals surface area contributed by atoms with E-state index in [1.807, 2.05) is 0 Å². The maximum Gasteiger partial charge on any atom is 0.294 e. The second kappa shape index (κ2) is 8.54. The lowest BCUT2D eigenvalue weighted by molar-refractivity contribution is -0.129. The zero-order valence-electron chi connectivity index (χ0n) is 13.8. The number of benzene rings is 1. The number of hydrogen-bond donors (Lipinski definition) is 2. The van der Waals surface area contributed by atoms with Crippen LogP contribution >= 0.6 is 11.8 Å². The standard InChI is InChI=1S/C16H18N2O6S/c1-23-11-4-3-10(7-12(11)24-2)8-13-15(21)18(16(22)25-13)9-14(20)17-5-6-19/h3-4,7-8,19H,5-6,9H2,1-2H3,(H,17,20)/b13-8+. The van der Waals surface area contributed by atoms with Gasteiger partial charge in [0.1, 0.15) is 6.54 Å². The molecule has 1 aliphatic rings. The van der Waals surface area contributed by atoms with Crippen molar-refractivity contribution in [2.24, 2.45) is 0 Å². The highest BCUT2D eigenvalue weighted by Crippen LogP contribution is 2.34. The fraction of sp³-hybridized carbons (Fsp3) is 0.312. The fourth-order valence-electron chi connectivity index (χ4n) is 2.13. The highest BCUT2D eigenvalue weighted by atomic mass is 32.2. The molecule has 3 amide bonds. The van der Waals surface area contributed by atoms with Gasteiger partial charge in [-0.15, -0.1) is 0 Å². The molecule has 8 nitrogen and oxygen atoms in total. The molecule has 1 aliphatic heterocycles. The van der Waals surface area contributed by atoms with E-state index in [0.717, 1.165) is 16.7 Å². The zero-order chi connectivity index (χ0) is 18.4. The predicted molar refractivity (Wildman–Crippen MR) is 92.3 cm³/mol. The number of methoxy groups -OCH3 is 2. The summed E-state index contributed by atoms with van der Waals surface area (Å²) in [6.07, 6.45) is 1.55. The summed E-state index contributed by atoms with van der Waals surface area (Å²) in [5.74, 6) is -0.000168. The molecule has 134 valence electrons. The number of amides is 3. The molecule has 25 heavy (non-hydrogen) atoms. The molecule has 1 heterocycles. The van der Waals surface area contributed by atoms with Crippen molar-refractivity contribution in [1.82, 2.24) is 10.2 Å². The van der Waals surface area contributed by atoms with Crippen molar-refractivity contribution in [2.45, 2.75) is 0 Å². The maximum atomic E-state index is 12.3. The van der Waals surface area contributed by atoms with Gasteiger partial charge in [0.05, 0.1) is 25.7 Å². The fourth-order valence-corrected chi connectivity index (χ4v) is 2.96. The number of rotatable bonds is 7. The van der Waals surface area contributed by atoms with E-state index in [1.54, 1.807) is 24.3 Å². The molecule has 1 aromatic rings. The largest absolute Gasteiger partial charge is 0.493 e. The van der Waals surface area contributed by atoms with Crippen LogP contribution in [0.25, 0.3) is 6.08 Å². The van der Waals surface area contributed by atoms with Crippen LogP contribution in [0.4, 0.5) is 4.79 Å². The topological polar surface area (TPSA) is 105 Å². The minimum Gasteiger partial charge on any atom is -0.493 e. The Labute approximate surface area is 148 Å². The number of carbonyl (C=O) groups excluding carboxylic acids is 3. The molecule has 0 aliphatic carbocycles. The average molecular weight is 366 g/mol. The van der Waals surface area contributed by atoms with Crippen LogP contribution in [0.3, 0.4) is 0 Å². The number of hydrogen-bond acceptors (Lipinski definition) is 7. The molecule has 2 N–H and O–H groups in total. The third-order valence-electron chi connectivity index (χ3n) is 3.31. The molecule has 0 radical (unpaired) electrons. The lowest BCUT2D eigenvalue weighted by Crippen LogP contribution is -2.40. The summed E-state index contributed by atoms with van der Waals surface area (Å²) in [7, 11) is 3.02. The highest BCUT2D eigenvalue weighted by molar-refractivity contribution is 8.18. The van der Waals surface area contributed by atoms with Crippen molar-refractivity contribution in [3.63, 3.8) is 0 Å². The number of carbonyl (C=O) groups is 3. The first kappa shape index (κ1) is 18.8. The van der Waals surface area contributed by atoms with Gasteiger partial charge >= 0.3 is 0 Å². The molecule has 9 heteroatoms. The van der Waals surface area contributed by atoms with E-state index >= 15 is 0 Å². The van der Waals surface area contributed by atoms with E-state index in [4.69, 9.17) is 14.6 Å². The summed E-state index contributed by atoms with van der Waals surface area (Å²) in [5.41, 5.74) is 0.660. The molecule has 1 aromatic carbocycles. The normalized spacial score (nSPS) is 15.6. The van der Waals surface area contributed by atoms with Crippen LogP contribution < -0.4 is 14.8 Å². The number of nitrogens with zero attached hydrogens (tertiary/aromatic N) is 1. The van der Waals surface area contributed by atoms with Gasteiger partial charge in [0, 0.05) is 6.54 Å². The number of nitrogens with one attached hydrogen (secondary N) is 1. The summed E-state index contributed by atoms with van der Waals surface area (Å²) in [6, 6.07) is 5.10. The molecule has 0 atom stereocenters. The summed E-state index contributed by atoms with van der Waals surface area (Å²) in [5, 5.41) is 10.6. The van der Waals surface area contributed by atoms with Gasteiger partial charge in [-0.3, -0.25) is 19.3 Å². The van der Waals surface area contributed by atoms with Gasteiger partial charge in [-0.05, 0) is 35.5 Å². The Hall–Kier alpha value is -2.52. The quantitative estimate of drug-likeness (QED) is 0.689. The van der Waals surface area contributed by atoms with Gasteiger partial charge < -0.3 is 19.9 Å². The average Bonchev–Trinajstić information content (AvgIpc) is 2.87. The predicted octanol–water partition coefficient (Wildman–Crippen LogP) is 0.849. The van der Waals surface area contributed by atoms with E-state index in [2.05, 4.69) is 5.32 Å². The number of thioether (sulfide) groups is 1. The smallest absolute Gasteiger partial charge is 0.294 e. The third kappa shape index (κ3) is 4.52.